The van der Waals surface area contributed by atoms with E-state index >= 15 is 0 Å². The summed E-state index contributed by atoms with van der Waals surface area (Å²) >= 11 is 1.45. The summed E-state index contributed by atoms with van der Waals surface area (Å²) in [6, 6.07) is 7.81. The smallest absolute Gasteiger partial charge is 0.236 e. The Hall–Kier alpha value is -2.19. The Morgan fingerprint density at radius 2 is 1.85 bits per heavy atom. The van der Waals surface area contributed by atoms with E-state index in [1.807, 2.05) is 29.2 Å². The average molecular weight is 373 g/mol. The van der Waals surface area contributed by atoms with Crippen LogP contribution in [0.25, 0.3) is 10.9 Å². The Morgan fingerprint density at radius 1 is 1.12 bits per heavy atom. The summed E-state index contributed by atoms with van der Waals surface area (Å²) in [5, 5.41) is 1.80. The summed E-state index contributed by atoms with van der Waals surface area (Å²) in [6.45, 7) is 3.19. The number of carbonyl (C=O) groups is 2. The molecule has 2 heterocycles. The lowest BCUT2D eigenvalue weighted by molar-refractivity contribution is -0.132. The number of fused-ring (bicyclic) bond motifs is 1. The van der Waals surface area contributed by atoms with Crippen molar-refractivity contribution in [2.45, 2.75) is 5.03 Å². The van der Waals surface area contributed by atoms with Crippen molar-refractivity contribution in [1.29, 1.82) is 0 Å². The molecule has 1 aliphatic heterocycles. The highest BCUT2D eigenvalue weighted by Gasteiger charge is 2.23. The maximum atomic E-state index is 12.5. The van der Waals surface area contributed by atoms with Crippen LogP contribution in [0.3, 0.4) is 0 Å². The van der Waals surface area contributed by atoms with Gasteiger partial charge in [0, 0.05) is 45.7 Å². The Balaban J connectivity index is 1.51. The number of benzene rings is 1. The minimum Gasteiger partial charge on any atom is -0.348 e. The molecule has 1 aliphatic rings. The fourth-order valence-corrected chi connectivity index (χ4v) is 3.70. The van der Waals surface area contributed by atoms with Crippen LogP contribution in [0.15, 0.2) is 35.6 Å². The maximum Gasteiger partial charge on any atom is 0.236 e. The van der Waals surface area contributed by atoms with Crippen LogP contribution >= 0.6 is 11.8 Å². The highest BCUT2D eigenvalue weighted by molar-refractivity contribution is 8.00. The molecular formula is C18H23N5O2S. The molecule has 1 fully saturated rings. The molecule has 26 heavy (non-hydrogen) atoms. The van der Waals surface area contributed by atoms with Gasteiger partial charge in [0.05, 0.1) is 17.8 Å². The zero-order valence-corrected chi connectivity index (χ0v) is 15.9. The van der Waals surface area contributed by atoms with Crippen LogP contribution in [0.5, 0.6) is 0 Å². The van der Waals surface area contributed by atoms with Crippen molar-refractivity contribution in [1.82, 2.24) is 24.7 Å². The van der Waals surface area contributed by atoms with E-state index in [9.17, 15) is 9.59 Å². The fraction of sp³-hybridized carbons (Fsp3) is 0.444. The molecule has 2 aromatic rings. The first-order valence-corrected chi connectivity index (χ1v) is 9.56. The standard InChI is InChI=1S/C18H23N5O2S/c1-21(2)16(24)11-22-7-9-23(10-8-22)17(25)12-26-18-14-5-3-4-6-15(14)19-13-20-18/h3-6,13H,7-12H2,1-2H3. The van der Waals surface area contributed by atoms with Gasteiger partial charge in [0.1, 0.15) is 11.4 Å². The second-order valence-electron chi connectivity index (χ2n) is 6.43. The molecule has 8 heteroatoms. The number of carbonyl (C=O) groups excluding carboxylic acids is 2. The van der Waals surface area contributed by atoms with E-state index in [2.05, 4.69) is 14.9 Å². The summed E-state index contributed by atoms with van der Waals surface area (Å²) in [6.07, 6.45) is 1.54. The number of hydrogen-bond acceptors (Lipinski definition) is 6. The fourth-order valence-electron chi connectivity index (χ4n) is 2.80. The molecule has 0 N–H and O–H groups in total. The lowest BCUT2D eigenvalue weighted by Crippen LogP contribution is -2.51. The van der Waals surface area contributed by atoms with Gasteiger partial charge in [0.15, 0.2) is 0 Å². The predicted octanol–water partition coefficient (Wildman–Crippen LogP) is 0.954. The first-order valence-electron chi connectivity index (χ1n) is 8.57. The van der Waals surface area contributed by atoms with Gasteiger partial charge in [0.25, 0.3) is 0 Å². The molecule has 0 spiro atoms. The predicted molar refractivity (Wildman–Crippen MR) is 102 cm³/mol. The minimum atomic E-state index is 0.0935. The molecule has 0 aliphatic carbocycles. The third-order valence-electron chi connectivity index (χ3n) is 4.42. The summed E-state index contributed by atoms with van der Waals surface area (Å²) in [7, 11) is 3.52. The zero-order chi connectivity index (χ0) is 18.5. The van der Waals surface area contributed by atoms with Gasteiger partial charge in [-0.1, -0.05) is 30.0 Å². The van der Waals surface area contributed by atoms with Gasteiger partial charge in [-0.3, -0.25) is 14.5 Å². The maximum absolute atomic E-state index is 12.5. The average Bonchev–Trinajstić information content (AvgIpc) is 2.66. The summed E-state index contributed by atoms with van der Waals surface area (Å²) < 4.78 is 0. The molecule has 0 atom stereocenters. The number of nitrogens with zero attached hydrogens (tertiary/aromatic N) is 5. The third-order valence-corrected chi connectivity index (χ3v) is 5.41. The Morgan fingerprint density at radius 3 is 2.58 bits per heavy atom. The van der Waals surface area contributed by atoms with Crippen LogP contribution in [0.2, 0.25) is 0 Å². The van der Waals surface area contributed by atoms with Gasteiger partial charge in [-0.2, -0.15) is 0 Å². The SMILES string of the molecule is CN(C)C(=O)CN1CCN(C(=O)CSc2ncnc3ccccc23)CC1. The molecule has 7 nitrogen and oxygen atoms in total. The molecule has 1 aromatic carbocycles. The number of aromatic nitrogens is 2. The van der Waals surface area contributed by atoms with E-state index < -0.39 is 0 Å². The van der Waals surface area contributed by atoms with E-state index in [0.29, 0.717) is 25.4 Å². The normalized spacial score (nSPS) is 15.2. The molecule has 0 unspecified atom stereocenters. The molecular weight excluding hydrogens is 350 g/mol. The van der Waals surface area contributed by atoms with E-state index in [0.717, 1.165) is 29.0 Å². The first kappa shape index (κ1) is 18.6. The van der Waals surface area contributed by atoms with Gasteiger partial charge in [-0.05, 0) is 6.07 Å². The first-order chi connectivity index (χ1) is 12.5. The largest absolute Gasteiger partial charge is 0.348 e. The van der Waals surface area contributed by atoms with Gasteiger partial charge in [-0.15, -0.1) is 0 Å². The van der Waals surface area contributed by atoms with E-state index in [4.69, 9.17) is 0 Å². The Labute approximate surface area is 157 Å². The lowest BCUT2D eigenvalue weighted by atomic mass is 10.2. The molecule has 138 valence electrons. The molecule has 1 saturated heterocycles. The van der Waals surface area contributed by atoms with Crippen LogP contribution in [-0.4, -0.2) is 89.1 Å². The van der Waals surface area contributed by atoms with Gasteiger partial charge in [0.2, 0.25) is 11.8 Å². The Kier molecular flexibility index (Phi) is 6.05. The van der Waals surface area contributed by atoms with Crippen molar-refractivity contribution in [2.75, 3.05) is 52.6 Å². The number of piperazine rings is 1. The molecule has 3 rings (SSSR count). The van der Waals surface area contributed by atoms with Crippen molar-refractivity contribution in [2.24, 2.45) is 0 Å². The van der Waals surface area contributed by atoms with Crippen LogP contribution < -0.4 is 0 Å². The highest BCUT2D eigenvalue weighted by atomic mass is 32.2. The topological polar surface area (TPSA) is 69.6 Å². The highest BCUT2D eigenvalue weighted by Crippen LogP contribution is 2.24. The number of rotatable bonds is 5. The van der Waals surface area contributed by atoms with Crippen molar-refractivity contribution in [3.8, 4) is 0 Å². The number of likely N-dealkylation sites (N-methyl/N-ethyl adjacent to an activating group) is 1. The lowest BCUT2D eigenvalue weighted by Gasteiger charge is -2.34. The van der Waals surface area contributed by atoms with Crippen molar-refractivity contribution < 1.29 is 9.59 Å². The van der Waals surface area contributed by atoms with E-state index in [1.165, 1.54) is 18.1 Å². The number of para-hydroxylation sites is 1. The molecule has 0 radical (unpaired) electrons. The third kappa shape index (κ3) is 4.50. The van der Waals surface area contributed by atoms with Crippen LogP contribution in [0.1, 0.15) is 0 Å². The summed E-state index contributed by atoms with van der Waals surface area (Å²) in [5.41, 5.74) is 0.886. The van der Waals surface area contributed by atoms with Gasteiger partial charge >= 0.3 is 0 Å². The van der Waals surface area contributed by atoms with Crippen LogP contribution in [0.4, 0.5) is 0 Å². The van der Waals surface area contributed by atoms with Crippen molar-refractivity contribution in [3.05, 3.63) is 30.6 Å². The van der Waals surface area contributed by atoms with Gasteiger partial charge < -0.3 is 9.80 Å². The summed E-state index contributed by atoms with van der Waals surface area (Å²) in [5.74, 6) is 0.560. The molecule has 0 saturated carbocycles. The van der Waals surface area contributed by atoms with Crippen molar-refractivity contribution >= 4 is 34.5 Å². The number of hydrogen-bond donors (Lipinski definition) is 0. The Bertz CT molecular complexity index is 785. The van der Waals surface area contributed by atoms with Crippen molar-refractivity contribution in [3.63, 3.8) is 0 Å². The van der Waals surface area contributed by atoms with Crippen LogP contribution in [-0.2, 0) is 9.59 Å². The van der Waals surface area contributed by atoms with E-state index in [-0.39, 0.29) is 11.8 Å². The zero-order valence-electron chi connectivity index (χ0n) is 15.1. The second kappa shape index (κ2) is 8.46. The molecule has 1 aromatic heterocycles. The molecule has 2 amide bonds. The van der Waals surface area contributed by atoms with E-state index in [1.54, 1.807) is 19.0 Å². The quantitative estimate of drug-likeness (QED) is 0.574. The minimum absolute atomic E-state index is 0.0935. The van der Waals surface area contributed by atoms with Gasteiger partial charge in [-0.25, -0.2) is 9.97 Å². The number of thioether (sulfide) groups is 1. The van der Waals surface area contributed by atoms with Crippen LogP contribution in [0, 0.1) is 0 Å². The summed E-state index contributed by atoms with van der Waals surface area (Å²) in [4.78, 5) is 38.4. The molecule has 0 bridgehead atoms. The monoisotopic (exact) mass is 373 g/mol. The second-order valence-corrected chi connectivity index (χ2v) is 7.39. The number of amides is 2.